The number of carbonyl (C=O) groups excluding carboxylic acids is 1. The highest BCUT2D eigenvalue weighted by atomic mass is 16.1. The molecule has 1 rings (SSSR count). The van der Waals surface area contributed by atoms with Crippen molar-refractivity contribution in [3.05, 3.63) is 0 Å². The zero-order valence-electron chi connectivity index (χ0n) is 9.18. The minimum absolute atomic E-state index is 0.0835. The molecule has 0 atom stereocenters. The summed E-state index contributed by atoms with van der Waals surface area (Å²) < 4.78 is 0. The Morgan fingerprint density at radius 2 is 2.07 bits per heavy atom. The third-order valence-corrected chi connectivity index (χ3v) is 3.27. The highest BCUT2D eigenvalue weighted by Gasteiger charge is 2.34. The molecule has 1 saturated heterocycles. The Morgan fingerprint density at radius 1 is 1.50 bits per heavy atom. The maximum absolute atomic E-state index is 11.7. The fourth-order valence-electron chi connectivity index (χ4n) is 2.04. The summed E-state index contributed by atoms with van der Waals surface area (Å²) in [6.45, 7) is 6.68. The molecule has 1 aliphatic rings. The van der Waals surface area contributed by atoms with E-state index in [2.05, 4.69) is 17.7 Å². The van der Waals surface area contributed by atoms with E-state index < -0.39 is 0 Å². The van der Waals surface area contributed by atoms with Crippen molar-refractivity contribution in [2.45, 2.75) is 33.1 Å². The lowest BCUT2D eigenvalue weighted by molar-refractivity contribution is -0.130. The number of nitrogens with zero attached hydrogens (tertiary/aromatic N) is 1. The van der Waals surface area contributed by atoms with Crippen molar-refractivity contribution in [1.29, 1.82) is 0 Å². The Balaban J connectivity index is 2.49. The summed E-state index contributed by atoms with van der Waals surface area (Å²) in [5, 5.41) is 0. The number of likely N-dealkylation sites (tertiary alicyclic amines) is 1. The summed E-state index contributed by atoms with van der Waals surface area (Å²) in [5.74, 6) is 3.05. The molecule has 0 saturated carbocycles. The van der Waals surface area contributed by atoms with Gasteiger partial charge in [-0.15, -0.1) is 6.42 Å². The van der Waals surface area contributed by atoms with Crippen molar-refractivity contribution in [3.8, 4) is 12.3 Å². The van der Waals surface area contributed by atoms with E-state index in [4.69, 9.17) is 6.42 Å². The van der Waals surface area contributed by atoms with Crippen LogP contribution in [0, 0.1) is 17.8 Å². The van der Waals surface area contributed by atoms with Gasteiger partial charge in [-0.05, 0) is 12.8 Å². The van der Waals surface area contributed by atoms with Crippen molar-refractivity contribution in [2.24, 2.45) is 5.41 Å². The van der Waals surface area contributed by atoms with Gasteiger partial charge in [-0.25, -0.2) is 0 Å². The molecule has 0 aliphatic carbocycles. The van der Waals surface area contributed by atoms with Crippen LogP contribution in [-0.2, 0) is 4.79 Å². The molecule has 0 radical (unpaired) electrons. The number of terminal acetylenes is 1. The van der Waals surface area contributed by atoms with Gasteiger partial charge in [0, 0.05) is 24.9 Å². The molecule has 78 valence electrons. The van der Waals surface area contributed by atoms with E-state index in [1.807, 2.05) is 6.92 Å². The molecule has 1 fully saturated rings. The number of piperidine rings is 1. The number of ketones is 1. The van der Waals surface area contributed by atoms with Gasteiger partial charge in [0.2, 0.25) is 0 Å². The second-order valence-corrected chi connectivity index (χ2v) is 4.32. The summed E-state index contributed by atoms with van der Waals surface area (Å²) in [6.07, 6.45) is 7.83. The molecule has 14 heavy (non-hydrogen) atoms. The maximum Gasteiger partial charge on any atom is 0.138 e. The Morgan fingerprint density at radius 3 is 2.50 bits per heavy atom. The lowest BCUT2D eigenvalue weighted by Gasteiger charge is -2.37. The molecule has 0 aromatic heterocycles. The molecule has 1 heterocycles. The smallest absolute Gasteiger partial charge is 0.138 e. The lowest BCUT2D eigenvalue weighted by Crippen LogP contribution is -2.42. The fraction of sp³-hybridized carbons (Fsp3) is 0.750. The van der Waals surface area contributed by atoms with Gasteiger partial charge in [0.15, 0.2) is 0 Å². The molecule has 1 aliphatic heterocycles. The summed E-state index contributed by atoms with van der Waals surface area (Å²) in [5.41, 5.74) is -0.0835. The summed E-state index contributed by atoms with van der Waals surface area (Å²) >= 11 is 0. The van der Waals surface area contributed by atoms with Gasteiger partial charge in [0.05, 0.1) is 6.54 Å². The second kappa shape index (κ2) is 4.61. The van der Waals surface area contributed by atoms with Crippen molar-refractivity contribution in [2.75, 3.05) is 19.6 Å². The van der Waals surface area contributed by atoms with Gasteiger partial charge >= 0.3 is 0 Å². The quantitative estimate of drug-likeness (QED) is 0.636. The first-order chi connectivity index (χ1) is 6.62. The van der Waals surface area contributed by atoms with Crippen molar-refractivity contribution >= 4 is 5.78 Å². The van der Waals surface area contributed by atoms with E-state index in [0.29, 0.717) is 12.2 Å². The summed E-state index contributed by atoms with van der Waals surface area (Å²) in [6, 6.07) is 0. The monoisotopic (exact) mass is 193 g/mol. The number of hydrogen-bond donors (Lipinski definition) is 0. The normalized spacial score (nSPS) is 21.5. The van der Waals surface area contributed by atoms with Crippen LogP contribution in [0.15, 0.2) is 0 Å². The van der Waals surface area contributed by atoms with Gasteiger partial charge in [0.1, 0.15) is 5.78 Å². The predicted molar refractivity (Wildman–Crippen MR) is 57.9 cm³/mol. The largest absolute Gasteiger partial charge is 0.299 e. The van der Waals surface area contributed by atoms with E-state index in [9.17, 15) is 4.79 Å². The number of Topliss-reactive ketones (excluding diaryl/α,β-unsaturated/α-hetero) is 1. The van der Waals surface area contributed by atoms with E-state index >= 15 is 0 Å². The van der Waals surface area contributed by atoms with Crippen LogP contribution in [0.1, 0.15) is 33.1 Å². The van der Waals surface area contributed by atoms with Crippen molar-refractivity contribution in [3.63, 3.8) is 0 Å². The molecule has 0 spiro atoms. The van der Waals surface area contributed by atoms with Crippen molar-refractivity contribution in [1.82, 2.24) is 4.90 Å². The third kappa shape index (κ3) is 2.36. The molecule has 2 nitrogen and oxygen atoms in total. The third-order valence-electron chi connectivity index (χ3n) is 3.27. The van der Waals surface area contributed by atoms with Gasteiger partial charge in [-0.3, -0.25) is 9.69 Å². The number of rotatable bonds is 3. The Hall–Kier alpha value is -0.810. The fourth-order valence-corrected chi connectivity index (χ4v) is 2.04. The summed E-state index contributed by atoms with van der Waals surface area (Å²) in [4.78, 5) is 13.9. The number of carbonyl (C=O) groups is 1. The molecule has 0 amide bonds. The van der Waals surface area contributed by atoms with Crippen LogP contribution in [0.2, 0.25) is 0 Å². The van der Waals surface area contributed by atoms with Crippen LogP contribution in [0.5, 0.6) is 0 Å². The summed E-state index contributed by atoms with van der Waals surface area (Å²) in [7, 11) is 0. The first-order valence-electron chi connectivity index (χ1n) is 5.31. The lowest BCUT2D eigenvalue weighted by atomic mass is 9.76. The van der Waals surface area contributed by atoms with Gasteiger partial charge in [-0.2, -0.15) is 0 Å². The van der Waals surface area contributed by atoms with E-state index in [1.165, 1.54) is 0 Å². The number of hydrogen-bond acceptors (Lipinski definition) is 2. The average molecular weight is 193 g/mol. The zero-order chi connectivity index (χ0) is 10.6. The van der Waals surface area contributed by atoms with Crippen LogP contribution in [0.4, 0.5) is 0 Å². The molecule has 0 N–H and O–H groups in total. The first kappa shape index (κ1) is 11.3. The molecule has 0 bridgehead atoms. The second-order valence-electron chi connectivity index (χ2n) is 4.32. The highest BCUT2D eigenvalue weighted by molar-refractivity contribution is 5.84. The van der Waals surface area contributed by atoms with Crippen molar-refractivity contribution < 1.29 is 4.79 Å². The molecule has 2 heteroatoms. The molecular weight excluding hydrogens is 174 g/mol. The Labute approximate surface area is 86.7 Å². The van der Waals surface area contributed by atoms with Crippen LogP contribution in [0.25, 0.3) is 0 Å². The van der Waals surface area contributed by atoms with Gasteiger partial charge < -0.3 is 0 Å². The SMILES string of the molecule is C#CCN1CCC(C)(C(=O)CC)CC1. The Bertz CT molecular complexity index is 244. The predicted octanol–water partition coefficient (Wildman–Crippen LogP) is 1.70. The first-order valence-corrected chi connectivity index (χ1v) is 5.31. The molecule has 0 unspecified atom stereocenters. The standard InChI is InChI=1S/C12H19NO/c1-4-8-13-9-6-12(3,7-10-13)11(14)5-2/h1H,5-10H2,2-3H3. The zero-order valence-corrected chi connectivity index (χ0v) is 9.18. The van der Waals surface area contributed by atoms with Crippen LogP contribution < -0.4 is 0 Å². The average Bonchev–Trinajstić information content (AvgIpc) is 2.21. The van der Waals surface area contributed by atoms with Gasteiger partial charge in [-0.1, -0.05) is 19.8 Å². The van der Waals surface area contributed by atoms with Crippen LogP contribution >= 0.6 is 0 Å². The van der Waals surface area contributed by atoms with E-state index in [-0.39, 0.29) is 5.41 Å². The van der Waals surface area contributed by atoms with Crippen LogP contribution in [-0.4, -0.2) is 30.3 Å². The highest BCUT2D eigenvalue weighted by Crippen LogP contribution is 2.32. The Kier molecular flexibility index (Phi) is 3.71. The van der Waals surface area contributed by atoms with Gasteiger partial charge in [0.25, 0.3) is 0 Å². The van der Waals surface area contributed by atoms with E-state index in [0.717, 1.165) is 32.5 Å². The van der Waals surface area contributed by atoms with Crippen LogP contribution in [0.3, 0.4) is 0 Å². The van der Waals surface area contributed by atoms with E-state index in [1.54, 1.807) is 0 Å². The maximum atomic E-state index is 11.7. The minimum atomic E-state index is -0.0835. The topological polar surface area (TPSA) is 20.3 Å². The molecule has 0 aromatic carbocycles. The minimum Gasteiger partial charge on any atom is -0.299 e. The molecule has 0 aromatic rings. The molecular formula is C12H19NO.